The number of nitrogens with zero attached hydrogens (tertiary/aromatic N) is 2. The minimum Gasteiger partial charge on any atom is -0.483 e. The van der Waals surface area contributed by atoms with E-state index < -0.39 is 6.10 Å². The van der Waals surface area contributed by atoms with Gasteiger partial charge in [-0.3, -0.25) is 9.78 Å². The summed E-state index contributed by atoms with van der Waals surface area (Å²) in [6.45, 7) is 2.72. The van der Waals surface area contributed by atoms with Gasteiger partial charge in [-0.2, -0.15) is 0 Å². The van der Waals surface area contributed by atoms with E-state index in [0.717, 1.165) is 17.5 Å². The molecule has 132 valence electrons. The highest BCUT2D eigenvalue weighted by atomic mass is 35.5. The zero-order valence-corrected chi connectivity index (χ0v) is 14.8. The second-order valence-electron chi connectivity index (χ2n) is 6.38. The average molecular weight is 361 g/mol. The van der Waals surface area contributed by atoms with Crippen molar-refractivity contribution in [2.45, 2.75) is 19.4 Å². The Kier molecular flexibility index (Phi) is 5.56. The van der Waals surface area contributed by atoms with E-state index in [2.05, 4.69) is 4.98 Å². The van der Waals surface area contributed by atoms with Crippen LogP contribution in [0.4, 0.5) is 0 Å². The fraction of sp³-hybridized carbons (Fsp3) is 0.368. The number of aryl methyl sites for hydroxylation is 1. The number of aliphatic hydroxyl groups excluding tert-OH is 1. The molecular formula is C19H21ClN2O3. The summed E-state index contributed by atoms with van der Waals surface area (Å²) >= 11 is 5.92. The van der Waals surface area contributed by atoms with Crippen molar-refractivity contribution >= 4 is 17.5 Å². The van der Waals surface area contributed by atoms with Crippen molar-refractivity contribution in [3.8, 4) is 5.75 Å². The van der Waals surface area contributed by atoms with Gasteiger partial charge in [-0.15, -0.1) is 0 Å². The Balaban J connectivity index is 1.54. The van der Waals surface area contributed by atoms with Gasteiger partial charge in [0.25, 0.3) is 5.91 Å². The van der Waals surface area contributed by atoms with Crippen LogP contribution in [0.15, 0.2) is 42.7 Å². The predicted octanol–water partition coefficient (Wildman–Crippen LogP) is 2.48. The van der Waals surface area contributed by atoms with Gasteiger partial charge in [-0.1, -0.05) is 11.6 Å². The molecule has 0 unspecified atom stereocenters. The first-order valence-corrected chi connectivity index (χ1v) is 8.64. The Morgan fingerprint density at radius 2 is 2.08 bits per heavy atom. The van der Waals surface area contributed by atoms with Gasteiger partial charge in [0.2, 0.25) is 0 Å². The van der Waals surface area contributed by atoms with Gasteiger partial charge in [0.15, 0.2) is 6.61 Å². The molecule has 25 heavy (non-hydrogen) atoms. The quantitative estimate of drug-likeness (QED) is 0.889. The Morgan fingerprint density at radius 1 is 1.32 bits per heavy atom. The molecule has 0 saturated carbocycles. The van der Waals surface area contributed by atoms with Crippen LogP contribution in [-0.4, -0.2) is 46.7 Å². The van der Waals surface area contributed by atoms with Crippen molar-refractivity contribution < 1.29 is 14.6 Å². The summed E-state index contributed by atoms with van der Waals surface area (Å²) in [4.78, 5) is 18.1. The molecule has 1 N–H and O–H groups in total. The highest BCUT2D eigenvalue weighted by Crippen LogP contribution is 2.23. The normalized spacial score (nSPS) is 19.9. The van der Waals surface area contributed by atoms with Crippen LogP contribution >= 0.6 is 11.6 Å². The molecule has 1 aliphatic rings. The lowest BCUT2D eigenvalue weighted by atomic mass is 9.97. The van der Waals surface area contributed by atoms with E-state index in [4.69, 9.17) is 16.3 Å². The molecule has 5 nitrogen and oxygen atoms in total. The van der Waals surface area contributed by atoms with Gasteiger partial charge in [-0.05, 0) is 54.8 Å². The molecule has 1 aliphatic heterocycles. The van der Waals surface area contributed by atoms with Gasteiger partial charge in [0.1, 0.15) is 5.75 Å². The second-order valence-corrected chi connectivity index (χ2v) is 6.82. The Labute approximate surface area is 152 Å². The highest BCUT2D eigenvalue weighted by molar-refractivity contribution is 6.30. The molecule has 0 bridgehead atoms. The lowest BCUT2D eigenvalue weighted by Gasteiger charge is -2.17. The lowest BCUT2D eigenvalue weighted by molar-refractivity contribution is -0.132. The minimum atomic E-state index is -0.519. The van der Waals surface area contributed by atoms with Gasteiger partial charge >= 0.3 is 0 Å². The first-order valence-electron chi connectivity index (χ1n) is 8.26. The molecule has 0 spiro atoms. The summed E-state index contributed by atoms with van der Waals surface area (Å²) in [5.74, 6) is 0.556. The minimum absolute atomic E-state index is 0.0311. The fourth-order valence-electron chi connectivity index (χ4n) is 3.09. The predicted molar refractivity (Wildman–Crippen MR) is 95.7 cm³/mol. The summed E-state index contributed by atoms with van der Waals surface area (Å²) in [7, 11) is 0. The maximum Gasteiger partial charge on any atom is 0.260 e. The van der Waals surface area contributed by atoms with Crippen molar-refractivity contribution in [3.05, 3.63) is 58.9 Å². The number of carbonyl (C=O) groups is 1. The maximum atomic E-state index is 12.4. The van der Waals surface area contributed by atoms with Crippen LogP contribution in [0, 0.1) is 12.8 Å². The molecule has 0 radical (unpaired) electrons. The van der Waals surface area contributed by atoms with Crippen LogP contribution in [0.2, 0.25) is 5.02 Å². The van der Waals surface area contributed by atoms with Crippen LogP contribution in [-0.2, 0) is 11.2 Å². The lowest BCUT2D eigenvalue weighted by Crippen LogP contribution is -2.33. The largest absolute Gasteiger partial charge is 0.483 e. The van der Waals surface area contributed by atoms with Gasteiger partial charge in [0.05, 0.1) is 6.10 Å². The van der Waals surface area contributed by atoms with Crippen molar-refractivity contribution in [3.63, 3.8) is 0 Å². The molecule has 3 rings (SSSR count). The number of halogens is 1. The van der Waals surface area contributed by atoms with E-state index in [-0.39, 0.29) is 18.4 Å². The number of aromatic nitrogens is 1. The fourth-order valence-corrected chi connectivity index (χ4v) is 3.31. The van der Waals surface area contributed by atoms with Crippen LogP contribution in [0.3, 0.4) is 0 Å². The number of likely N-dealkylation sites (tertiary alicyclic amines) is 1. The zero-order chi connectivity index (χ0) is 17.8. The molecule has 0 aliphatic carbocycles. The Morgan fingerprint density at radius 3 is 2.80 bits per heavy atom. The number of pyridine rings is 1. The van der Waals surface area contributed by atoms with Crippen LogP contribution < -0.4 is 4.74 Å². The molecule has 2 atom stereocenters. The molecule has 1 aromatic carbocycles. The molecule has 1 fully saturated rings. The summed E-state index contributed by atoms with van der Waals surface area (Å²) in [5, 5.41) is 10.9. The summed E-state index contributed by atoms with van der Waals surface area (Å²) in [6.07, 6.45) is 3.68. The number of aliphatic hydroxyl groups is 1. The topological polar surface area (TPSA) is 62.7 Å². The summed E-state index contributed by atoms with van der Waals surface area (Å²) < 4.78 is 5.61. The van der Waals surface area contributed by atoms with Crippen LogP contribution in [0.5, 0.6) is 5.75 Å². The standard InChI is InChI=1S/C19H21ClN2O3/c1-13-8-16(20)2-3-18(13)25-12-19(24)22-10-15(17(23)11-22)9-14-4-6-21-7-5-14/h2-8,15,17,23H,9-12H2,1H3/t15-,17-/m1/s1. The maximum absolute atomic E-state index is 12.4. The molecule has 1 amide bonds. The van der Waals surface area contributed by atoms with Gasteiger partial charge in [-0.25, -0.2) is 0 Å². The van der Waals surface area contributed by atoms with Crippen molar-refractivity contribution in [2.75, 3.05) is 19.7 Å². The number of hydrogen-bond acceptors (Lipinski definition) is 4. The molecule has 2 aromatic rings. The number of benzene rings is 1. The third-order valence-electron chi connectivity index (χ3n) is 4.49. The number of amides is 1. The van der Waals surface area contributed by atoms with E-state index in [1.165, 1.54) is 0 Å². The highest BCUT2D eigenvalue weighted by Gasteiger charge is 2.34. The Bertz CT molecular complexity index is 739. The van der Waals surface area contributed by atoms with E-state index >= 15 is 0 Å². The number of β-amino-alcohol motifs (C(OH)–C–C–N with tert-alkyl or cyclic N) is 1. The summed E-state index contributed by atoms with van der Waals surface area (Å²) in [6, 6.07) is 9.16. The van der Waals surface area contributed by atoms with Crippen molar-refractivity contribution in [1.82, 2.24) is 9.88 Å². The SMILES string of the molecule is Cc1cc(Cl)ccc1OCC(=O)N1C[C@@H](Cc2ccncc2)[C@H](O)C1. The molecule has 6 heteroatoms. The van der Waals surface area contributed by atoms with E-state index in [1.54, 1.807) is 35.5 Å². The van der Waals surface area contributed by atoms with Gasteiger partial charge < -0.3 is 14.7 Å². The molecular weight excluding hydrogens is 340 g/mol. The van der Waals surface area contributed by atoms with Crippen molar-refractivity contribution in [1.29, 1.82) is 0 Å². The first kappa shape index (κ1) is 17.7. The third-order valence-corrected chi connectivity index (χ3v) is 4.73. The summed E-state index contributed by atoms with van der Waals surface area (Å²) in [5.41, 5.74) is 2.00. The smallest absolute Gasteiger partial charge is 0.260 e. The van der Waals surface area contributed by atoms with Gasteiger partial charge in [0, 0.05) is 36.4 Å². The molecule has 2 heterocycles. The van der Waals surface area contributed by atoms with E-state index in [9.17, 15) is 9.90 Å². The van der Waals surface area contributed by atoms with Crippen LogP contribution in [0.25, 0.3) is 0 Å². The first-order chi connectivity index (χ1) is 12.0. The second kappa shape index (κ2) is 7.85. The monoisotopic (exact) mass is 360 g/mol. The number of carbonyl (C=O) groups excluding carboxylic acids is 1. The molecule has 1 saturated heterocycles. The van der Waals surface area contributed by atoms with E-state index in [1.807, 2.05) is 19.1 Å². The number of ether oxygens (including phenoxy) is 1. The van der Waals surface area contributed by atoms with Crippen molar-refractivity contribution in [2.24, 2.45) is 5.92 Å². The van der Waals surface area contributed by atoms with E-state index in [0.29, 0.717) is 23.9 Å². The average Bonchev–Trinajstić information content (AvgIpc) is 2.95. The Hall–Kier alpha value is -2.11. The van der Waals surface area contributed by atoms with Crippen LogP contribution in [0.1, 0.15) is 11.1 Å². The zero-order valence-electron chi connectivity index (χ0n) is 14.1. The number of hydrogen-bond donors (Lipinski definition) is 1. The number of rotatable bonds is 5. The third kappa shape index (κ3) is 4.50. The molecule has 1 aromatic heterocycles.